The quantitative estimate of drug-likeness (QED) is 0.732. The van der Waals surface area contributed by atoms with Gasteiger partial charge in [-0.3, -0.25) is 4.79 Å². The van der Waals surface area contributed by atoms with Crippen LogP contribution < -0.4 is 5.73 Å². The first-order chi connectivity index (χ1) is 9.16. The number of rotatable bonds is 8. The average molecular weight is 262 g/mol. The molecule has 0 aliphatic rings. The fourth-order valence-electron chi connectivity index (χ4n) is 2.12. The van der Waals surface area contributed by atoms with Gasteiger partial charge in [0.25, 0.3) is 0 Å². The second-order valence-corrected chi connectivity index (χ2v) is 5.04. The highest BCUT2D eigenvalue weighted by atomic mass is 16.2. The van der Waals surface area contributed by atoms with E-state index in [4.69, 9.17) is 5.73 Å². The molecule has 0 aliphatic carbocycles. The molecule has 1 aromatic rings. The van der Waals surface area contributed by atoms with Gasteiger partial charge in [0.2, 0.25) is 5.91 Å². The molecule has 2 N–H and O–H groups in total. The molecule has 106 valence electrons. The number of amides is 1. The lowest BCUT2D eigenvalue weighted by molar-refractivity contribution is -0.131. The van der Waals surface area contributed by atoms with Crippen molar-refractivity contribution in [2.24, 2.45) is 5.73 Å². The Kier molecular flexibility index (Phi) is 7.19. The summed E-state index contributed by atoms with van der Waals surface area (Å²) in [5.41, 5.74) is 6.63. The molecule has 0 spiro atoms. The van der Waals surface area contributed by atoms with E-state index in [1.54, 1.807) is 0 Å². The topological polar surface area (TPSA) is 46.3 Å². The third-order valence-corrected chi connectivity index (χ3v) is 3.60. The molecule has 1 amide bonds. The second-order valence-electron chi connectivity index (χ2n) is 5.04. The molecule has 19 heavy (non-hydrogen) atoms. The van der Waals surface area contributed by atoms with Gasteiger partial charge in [-0.2, -0.15) is 0 Å². The monoisotopic (exact) mass is 262 g/mol. The first kappa shape index (κ1) is 15.7. The standard InChI is InChI=1S/C16H26N2O/c1-14(15-10-6-5-7-11-15)18(2)16(19)12-8-3-4-9-13-17/h5-7,10-11,14H,3-4,8-9,12-13,17H2,1-2H3. The van der Waals surface area contributed by atoms with Crippen molar-refractivity contribution < 1.29 is 4.79 Å². The van der Waals surface area contributed by atoms with Crippen LogP contribution in [0.3, 0.4) is 0 Å². The van der Waals surface area contributed by atoms with E-state index >= 15 is 0 Å². The summed E-state index contributed by atoms with van der Waals surface area (Å²) in [6.45, 7) is 2.82. The normalized spacial score (nSPS) is 12.2. The van der Waals surface area contributed by atoms with Gasteiger partial charge in [-0.05, 0) is 31.9 Å². The molecule has 0 saturated carbocycles. The van der Waals surface area contributed by atoms with Gasteiger partial charge in [0.1, 0.15) is 0 Å². The number of hydrogen-bond acceptors (Lipinski definition) is 2. The third-order valence-electron chi connectivity index (χ3n) is 3.60. The first-order valence-corrected chi connectivity index (χ1v) is 7.17. The van der Waals surface area contributed by atoms with E-state index in [-0.39, 0.29) is 11.9 Å². The van der Waals surface area contributed by atoms with E-state index in [1.807, 2.05) is 30.1 Å². The Balaban J connectivity index is 2.35. The summed E-state index contributed by atoms with van der Waals surface area (Å²) >= 11 is 0. The van der Waals surface area contributed by atoms with Crippen molar-refractivity contribution in [2.45, 2.75) is 45.1 Å². The van der Waals surface area contributed by atoms with Gasteiger partial charge < -0.3 is 10.6 Å². The van der Waals surface area contributed by atoms with E-state index in [2.05, 4.69) is 19.1 Å². The number of benzene rings is 1. The Labute approximate surface area is 116 Å². The largest absolute Gasteiger partial charge is 0.339 e. The molecule has 0 saturated heterocycles. The van der Waals surface area contributed by atoms with E-state index < -0.39 is 0 Å². The predicted molar refractivity (Wildman–Crippen MR) is 79.8 cm³/mol. The van der Waals surface area contributed by atoms with Crippen LogP contribution in [0, 0.1) is 0 Å². The Morgan fingerprint density at radius 1 is 1.16 bits per heavy atom. The van der Waals surface area contributed by atoms with Crippen LogP contribution in [0.4, 0.5) is 0 Å². The summed E-state index contributed by atoms with van der Waals surface area (Å²) in [5.74, 6) is 0.226. The Morgan fingerprint density at radius 3 is 2.42 bits per heavy atom. The fourth-order valence-corrected chi connectivity index (χ4v) is 2.12. The van der Waals surface area contributed by atoms with Crippen LogP contribution in [-0.4, -0.2) is 24.4 Å². The number of nitrogens with zero attached hydrogens (tertiary/aromatic N) is 1. The molecule has 0 aromatic heterocycles. The maximum absolute atomic E-state index is 12.1. The van der Waals surface area contributed by atoms with E-state index in [9.17, 15) is 4.79 Å². The molecular formula is C16H26N2O. The number of carbonyl (C=O) groups excluding carboxylic acids is 1. The van der Waals surface area contributed by atoms with Gasteiger partial charge in [-0.25, -0.2) is 0 Å². The van der Waals surface area contributed by atoms with Crippen molar-refractivity contribution in [2.75, 3.05) is 13.6 Å². The predicted octanol–water partition coefficient (Wildman–Crippen LogP) is 3.12. The van der Waals surface area contributed by atoms with Crippen LogP contribution >= 0.6 is 0 Å². The smallest absolute Gasteiger partial charge is 0.222 e. The number of unbranched alkanes of at least 4 members (excludes halogenated alkanes) is 3. The third kappa shape index (κ3) is 5.43. The molecule has 1 unspecified atom stereocenters. The van der Waals surface area contributed by atoms with E-state index in [0.29, 0.717) is 6.42 Å². The zero-order valence-electron chi connectivity index (χ0n) is 12.1. The minimum atomic E-state index is 0.137. The lowest BCUT2D eigenvalue weighted by Crippen LogP contribution is -2.29. The zero-order chi connectivity index (χ0) is 14.1. The molecule has 0 fully saturated rings. The lowest BCUT2D eigenvalue weighted by Gasteiger charge is -2.25. The van der Waals surface area contributed by atoms with Gasteiger partial charge in [-0.1, -0.05) is 43.2 Å². The molecule has 1 aromatic carbocycles. The van der Waals surface area contributed by atoms with Crippen LogP contribution in [0.1, 0.15) is 50.6 Å². The zero-order valence-corrected chi connectivity index (χ0v) is 12.1. The molecule has 3 nitrogen and oxygen atoms in total. The van der Waals surface area contributed by atoms with Gasteiger partial charge in [0.05, 0.1) is 6.04 Å². The second kappa shape index (κ2) is 8.70. The molecule has 0 bridgehead atoms. The number of nitrogens with two attached hydrogens (primary N) is 1. The molecule has 0 radical (unpaired) electrons. The maximum atomic E-state index is 12.1. The Morgan fingerprint density at radius 2 is 1.79 bits per heavy atom. The van der Waals surface area contributed by atoms with Crippen molar-refractivity contribution in [3.05, 3.63) is 35.9 Å². The van der Waals surface area contributed by atoms with Crippen molar-refractivity contribution in [1.29, 1.82) is 0 Å². The molecule has 0 heterocycles. The van der Waals surface area contributed by atoms with Crippen LogP contribution in [0.5, 0.6) is 0 Å². The summed E-state index contributed by atoms with van der Waals surface area (Å²) in [4.78, 5) is 13.9. The van der Waals surface area contributed by atoms with Crippen LogP contribution in [0.25, 0.3) is 0 Å². The minimum absolute atomic E-state index is 0.137. The summed E-state index contributed by atoms with van der Waals surface area (Å²) in [6, 6.07) is 10.3. The first-order valence-electron chi connectivity index (χ1n) is 7.17. The van der Waals surface area contributed by atoms with E-state index in [0.717, 1.165) is 32.2 Å². The summed E-state index contributed by atoms with van der Waals surface area (Å²) in [6.07, 6.45) is 4.88. The fraction of sp³-hybridized carbons (Fsp3) is 0.562. The van der Waals surface area contributed by atoms with Gasteiger partial charge >= 0.3 is 0 Å². The summed E-state index contributed by atoms with van der Waals surface area (Å²) in [7, 11) is 1.89. The maximum Gasteiger partial charge on any atom is 0.222 e. The Hall–Kier alpha value is -1.35. The van der Waals surface area contributed by atoms with Crippen molar-refractivity contribution in [3.8, 4) is 0 Å². The summed E-state index contributed by atoms with van der Waals surface area (Å²) < 4.78 is 0. The average Bonchev–Trinajstić information content (AvgIpc) is 2.46. The molecule has 1 rings (SSSR count). The lowest BCUT2D eigenvalue weighted by atomic mass is 10.1. The van der Waals surface area contributed by atoms with Crippen LogP contribution in [-0.2, 0) is 4.79 Å². The number of carbonyl (C=O) groups is 1. The van der Waals surface area contributed by atoms with Crippen molar-refractivity contribution in [3.63, 3.8) is 0 Å². The minimum Gasteiger partial charge on any atom is -0.339 e. The molecule has 3 heteroatoms. The molecule has 0 aliphatic heterocycles. The van der Waals surface area contributed by atoms with Gasteiger partial charge in [0.15, 0.2) is 0 Å². The molecule has 1 atom stereocenters. The highest BCUT2D eigenvalue weighted by molar-refractivity contribution is 5.76. The number of hydrogen-bond donors (Lipinski definition) is 1. The molecular weight excluding hydrogens is 236 g/mol. The summed E-state index contributed by atoms with van der Waals surface area (Å²) in [5, 5.41) is 0. The van der Waals surface area contributed by atoms with Crippen molar-refractivity contribution >= 4 is 5.91 Å². The SMILES string of the molecule is CC(c1ccccc1)N(C)C(=O)CCCCCCN. The highest BCUT2D eigenvalue weighted by Gasteiger charge is 2.16. The highest BCUT2D eigenvalue weighted by Crippen LogP contribution is 2.19. The van der Waals surface area contributed by atoms with Gasteiger partial charge in [-0.15, -0.1) is 0 Å². The van der Waals surface area contributed by atoms with Crippen LogP contribution in [0.15, 0.2) is 30.3 Å². The van der Waals surface area contributed by atoms with Crippen molar-refractivity contribution in [1.82, 2.24) is 4.90 Å². The van der Waals surface area contributed by atoms with Gasteiger partial charge in [0, 0.05) is 13.5 Å². The Bertz CT molecular complexity index is 364. The van der Waals surface area contributed by atoms with E-state index in [1.165, 1.54) is 5.56 Å². The van der Waals surface area contributed by atoms with Crippen LogP contribution in [0.2, 0.25) is 0 Å².